The van der Waals surface area contributed by atoms with Gasteiger partial charge in [0.25, 0.3) is 0 Å². The molecule has 2 unspecified atom stereocenters. The van der Waals surface area contributed by atoms with E-state index in [2.05, 4.69) is 45.1 Å². The van der Waals surface area contributed by atoms with Crippen LogP contribution in [0.25, 0.3) is 0 Å². The molecule has 2 nitrogen and oxygen atoms in total. The van der Waals surface area contributed by atoms with Crippen molar-refractivity contribution < 1.29 is 0 Å². The van der Waals surface area contributed by atoms with Gasteiger partial charge in [0.15, 0.2) is 0 Å². The fourth-order valence-corrected chi connectivity index (χ4v) is 3.20. The summed E-state index contributed by atoms with van der Waals surface area (Å²) < 4.78 is 0. The van der Waals surface area contributed by atoms with Crippen LogP contribution in [0.2, 0.25) is 0 Å². The number of hydrogen-bond acceptors (Lipinski definition) is 2. The molecule has 0 aliphatic heterocycles. The van der Waals surface area contributed by atoms with Crippen molar-refractivity contribution >= 4 is 0 Å². The average Bonchev–Trinajstić information content (AvgIpc) is 2.08. The largest absolute Gasteiger partial charge is 0.314 e. The van der Waals surface area contributed by atoms with Gasteiger partial charge in [-0.1, -0.05) is 20.8 Å². The number of rotatable bonds is 5. The van der Waals surface area contributed by atoms with Crippen molar-refractivity contribution in [3.63, 3.8) is 0 Å². The van der Waals surface area contributed by atoms with Crippen LogP contribution >= 0.6 is 0 Å². The zero-order chi connectivity index (χ0) is 12.2. The first kappa shape index (κ1) is 14.0. The van der Waals surface area contributed by atoms with E-state index < -0.39 is 0 Å². The van der Waals surface area contributed by atoms with E-state index >= 15 is 0 Å². The number of nitrogens with one attached hydrogen (secondary N) is 1. The highest BCUT2D eigenvalue weighted by molar-refractivity contribution is 4.86. The molecule has 1 saturated carbocycles. The van der Waals surface area contributed by atoms with Crippen molar-refractivity contribution in [2.45, 2.75) is 52.5 Å². The van der Waals surface area contributed by atoms with Crippen LogP contribution in [0.4, 0.5) is 0 Å². The van der Waals surface area contributed by atoms with E-state index in [-0.39, 0.29) is 0 Å². The van der Waals surface area contributed by atoms with E-state index in [1.165, 1.54) is 38.8 Å². The van der Waals surface area contributed by atoms with Gasteiger partial charge in [0.2, 0.25) is 0 Å². The lowest BCUT2D eigenvalue weighted by atomic mass is 9.70. The Morgan fingerprint density at radius 2 is 1.94 bits per heavy atom. The molecular formula is C14H30N2. The summed E-state index contributed by atoms with van der Waals surface area (Å²) in [5, 5.41) is 3.74. The van der Waals surface area contributed by atoms with Crippen molar-refractivity contribution in [2.24, 2.45) is 11.3 Å². The van der Waals surface area contributed by atoms with Crippen molar-refractivity contribution in [3.05, 3.63) is 0 Å². The van der Waals surface area contributed by atoms with Gasteiger partial charge in [-0.3, -0.25) is 0 Å². The van der Waals surface area contributed by atoms with Crippen molar-refractivity contribution in [2.75, 3.05) is 27.2 Å². The predicted octanol–water partition coefficient (Wildman–Crippen LogP) is 2.74. The van der Waals surface area contributed by atoms with Crippen molar-refractivity contribution in [1.82, 2.24) is 10.2 Å². The van der Waals surface area contributed by atoms with Crippen LogP contribution in [0.5, 0.6) is 0 Å². The minimum Gasteiger partial charge on any atom is -0.314 e. The van der Waals surface area contributed by atoms with Crippen LogP contribution in [-0.4, -0.2) is 38.1 Å². The van der Waals surface area contributed by atoms with Gasteiger partial charge in [0.1, 0.15) is 0 Å². The second kappa shape index (κ2) is 6.02. The van der Waals surface area contributed by atoms with Gasteiger partial charge in [0.05, 0.1) is 0 Å². The standard InChI is InChI=1S/C14H30N2/c1-12-9-13(11-14(2,3)10-12)15-7-6-8-16(4)5/h12-13,15H,6-11H2,1-5H3. The van der Waals surface area contributed by atoms with Crippen LogP contribution in [0.3, 0.4) is 0 Å². The summed E-state index contributed by atoms with van der Waals surface area (Å²) in [4.78, 5) is 2.26. The summed E-state index contributed by atoms with van der Waals surface area (Å²) in [5.74, 6) is 0.884. The van der Waals surface area contributed by atoms with Crippen LogP contribution in [0, 0.1) is 11.3 Å². The third-order valence-electron chi connectivity index (χ3n) is 3.60. The minimum absolute atomic E-state index is 0.539. The van der Waals surface area contributed by atoms with E-state index in [1.807, 2.05) is 0 Å². The highest BCUT2D eigenvalue weighted by atomic mass is 15.1. The lowest BCUT2D eigenvalue weighted by Gasteiger charge is -2.39. The molecule has 1 aliphatic rings. The molecule has 2 atom stereocenters. The van der Waals surface area contributed by atoms with Crippen LogP contribution in [0.15, 0.2) is 0 Å². The van der Waals surface area contributed by atoms with Gasteiger partial charge in [0, 0.05) is 6.04 Å². The van der Waals surface area contributed by atoms with E-state index in [0.717, 1.165) is 12.0 Å². The molecule has 0 aromatic rings. The molecule has 96 valence electrons. The highest BCUT2D eigenvalue weighted by Gasteiger charge is 2.31. The highest BCUT2D eigenvalue weighted by Crippen LogP contribution is 2.38. The second-order valence-electron chi connectivity index (χ2n) is 6.72. The van der Waals surface area contributed by atoms with Gasteiger partial charge in [-0.25, -0.2) is 0 Å². The fraction of sp³-hybridized carbons (Fsp3) is 1.00. The molecule has 0 amide bonds. The maximum absolute atomic E-state index is 3.74. The summed E-state index contributed by atoms with van der Waals surface area (Å²) in [6.45, 7) is 9.59. The molecule has 0 radical (unpaired) electrons. The van der Waals surface area contributed by atoms with E-state index in [1.54, 1.807) is 0 Å². The van der Waals surface area contributed by atoms with Gasteiger partial charge in [-0.15, -0.1) is 0 Å². The predicted molar refractivity (Wildman–Crippen MR) is 71.8 cm³/mol. The number of nitrogens with zero attached hydrogens (tertiary/aromatic N) is 1. The molecule has 0 aromatic carbocycles. The molecule has 1 N–H and O–H groups in total. The van der Waals surface area contributed by atoms with Gasteiger partial charge in [-0.05, 0) is 64.2 Å². The zero-order valence-corrected chi connectivity index (χ0v) is 11.8. The molecule has 1 aliphatic carbocycles. The Kier molecular flexibility index (Phi) is 5.26. The second-order valence-corrected chi connectivity index (χ2v) is 6.72. The molecule has 2 heteroatoms. The third kappa shape index (κ3) is 5.31. The van der Waals surface area contributed by atoms with Gasteiger partial charge >= 0.3 is 0 Å². The Morgan fingerprint density at radius 1 is 1.25 bits per heavy atom. The van der Waals surface area contributed by atoms with Crippen molar-refractivity contribution in [1.29, 1.82) is 0 Å². The molecule has 0 saturated heterocycles. The maximum Gasteiger partial charge on any atom is 0.00746 e. The lowest BCUT2D eigenvalue weighted by molar-refractivity contribution is 0.151. The summed E-state index contributed by atoms with van der Waals surface area (Å²) in [5.41, 5.74) is 0.539. The van der Waals surface area contributed by atoms with Crippen LogP contribution in [-0.2, 0) is 0 Å². The lowest BCUT2D eigenvalue weighted by Crippen LogP contribution is -2.40. The molecule has 1 rings (SSSR count). The summed E-state index contributed by atoms with van der Waals surface area (Å²) >= 11 is 0. The zero-order valence-electron chi connectivity index (χ0n) is 11.8. The Labute approximate surface area is 102 Å². The summed E-state index contributed by atoms with van der Waals surface area (Å²) in [6, 6.07) is 0.751. The average molecular weight is 226 g/mol. The molecule has 0 bridgehead atoms. The topological polar surface area (TPSA) is 15.3 Å². The van der Waals surface area contributed by atoms with E-state index in [0.29, 0.717) is 5.41 Å². The van der Waals surface area contributed by atoms with Crippen LogP contribution in [0.1, 0.15) is 46.5 Å². The Bertz CT molecular complexity index is 199. The van der Waals surface area contributed by atoms with Gasteiger partial charge in [-0.2, -0.15) is 0 Å². The first-order valence-corrected chi connectivity index (χ1v) is 6.77. The summed E-state index contributed by atoms with van der Waals surface area (Å²) in [6.07, 6.45) is 5.37. The fourth-order valence-electron chi connectivity index (χ4n) is 3.20. The van der Waals surface area contributed by atoms with Crippen molar-refractivity contribution in [3.8, 4) is 0 Å². The quantitative estimate of drug-likeness (QED) is 0.725. The Morgan fingerprint density at radius 3 is 2.50 bits per heavy atom. The van der Waals surface area contributed by atoms with E-state index in [4.69, 9.17) is 0 Å². The number of hydrogen-bond donors (Lipinski definition) is 1. The third-order valence-corrected chi connectivity index (χ3v) is 3.60. The van der Waals surface area contributed by atoms with Gasteiger partial charge < -0.3 is 10.2 Å². The molecule has 0 spiro atoms. The first-order chi connectivity index (χ1) is 7.39. The Hall–Kier alpha value is -0.0800. The first-order valence-electron chi connectivity index (χ1n) is 6.77. The normalized spacial score (nSPS) is 29.6. The smallest absolute Gasteiger partial charge is 0.00746 e. The molecule has 16 heavy (non-hydrogen) atoms. The molecular weight excluding hydrogens is 196 g/mol. The summed E-state index contributed by atoms with van der Waals surface area (Å²) in [7, 11) is 4.29. The van der Waals surface area contributed by atoms with Crippen LogP contribution < -0.4 is 5.32 Å². The maximum atomic E-state index is 3.74. The monoisotopic (exact) mass is 226 g/mol. The Balaban J connectivity index is 2.21. The molecule has 1 fully saturated rings. The SMILES string of the molecule is CC1CC(NCCCN(C)C)CC(C)(C)C1. The molecule has 0 aromatic heterocycles. The van der Waals surface area contributed by atoms with E-state index in [9.17, 15) is 0 Å². The molecule has 0 heterocycles. The minimum atomic E-state index is 0.539.